The molecular weight excluding hydrogens is 470 g/mol. The second kappa shape index (κ2) is 10.2. The molecule has 0 bridgehead atoms. The van der Waals surface area contributed by atoms with Crippen LogP contribution in [0, 0.1) is 20.8 Å². The molecule has 1 atom stereocenters. The van der Waals surface area contributed by atoms with Gasteiger partial charge in [-0.15, -0.1) is 0 Å². The van der Waals surface area contributed by atoms with Gasteiger partial charge in [0.2, 0.25) is 5.95 Å². The van der Waals surface area contributed by atoms with Gasteiger partial charge in [-0.3, -0.25) is 9.67 Å². The fraction of sp³-hybridized carbons (Fsp3) is 0.360. The number of anilines is 3. The summed E-state index contributed by atoms with van der Waals surface area (Å²) < 4.78 is 1.87. The zero-order chi connectivity index (χ0) is 25.9. The minimum absolute atomic E-state index is 0.0946. The van der Waals surface area contributed by atoms with E-state index in [1.165, 1.54) is 0 Å². The molecule has 1 aliphatic heterocycles. The number of imidazole rings is 1. The van der Waals surface area contributed by atoms with Crippen molar-refractivity contribution in [3.63, 3.8) is 0 Å². The Morgan fingerprint density at radius 2 is 1.81 bits per heavy atom. The molecule has 0 aliphatic carbocycles. The molecule has 0 unspecified atom stereocenters. The predicted molar refractivity (Wildman–Crippen MR) is 140 cm³/mol. The Hall–Kier alpha value is -4.48. The Kier molecular flexibility index (Phi) is 6.71. The van der Waals surface area contributed by atoms with Crippen molar-refractivity contribution in [3.05, 3.63) is 65.6 Å². The average Bonchev–Trinajstić information content (AvgIpc) is 3.51. The van der Waals surface area contributed by atoms with Gasteiger partial charge in [0.05, 0.1) is 11.7 Å². The second-order valence-electron chi connectivity index (χ2n) is 9.27. The fourth-order valence-corrected chi connectivity index (χ4v) is 4.19. The van der Waals surface area contributed by atoms with E-state index in [1.54, 1.807) is 12.5 Å². The van der Waals surface area contributed by atoms with E-state index >= 15 is 0 Å². The van der Waals surface area contributed by atoms with Crippen molar-refractivity contribution in [1.82, 2.24) is 44.9 Å². The first-order chi connectivity index (χ1) is 17.8. The van der Waals surface area contributed by atoms with E-state index in [-0.39, 0.29) is 12.1 Å². The predicted octanol–water partition coefficient (Wildman–Crippen LogP) is 3.04. The number of amides is 2. The number of hydrogen-bond donors (Lipinski definition) is 3. The van der Waals surface area contributed by atoms with Crippen LogP contribution < -0.4 is 15.5 Å². The van der Waals surface area contributed by atoms with E-state index in [4.69, 9.17) is 0 Å². The lowest BCUT2D eigenvalue weighted by Gasteiger charge is -2.35. The molecule has 0 spiro atoms. The molecule has 37 heavy (non-hydrogen) atoms. The first kappa shape index (κ1) is 24.2. The number of hydrogen-bond acceptors (Lipinski definition) is 8. The van der Waals surface area contributed by atoms with Crippen LogP contribution in [0.2, 0.25) is 0 Å². The number of aromatic nitrogens is 7. The van der Waals surface area contributed by atoms with Crippen molar-refractivity contribution >= 4 is 23.6 Å². The number of H-pyrrole nitrogens is 1. The van der Waals surface area contributed by atoms with Crippen LogP contribution in [0.5, 0.6) is 0 Å². The van der Waals surface area contributed by atoms with Crippen molar-refractivity contribution < 1.29 is 4.79 Å². The Labute approximate surface area is 215 Å². The van der Waals surface area contributed by atoms with Crippen LogP contribution >= 0.6 is 0 Å². The normalized spacial score (nSPS) is 14.5. The summed E-state index contributed by atoms with van der Waals surface area (Å²) in [6.07, 6.45) is 5.45. The van der Waals surface area contributed by atoms with Crippen LogP contribution in [0.15, 0.2) is 43.0 Å². The minimum atomic E-state index is -0.170. The lowest BCUT2D eigenvalue weighted by atomic mass is 10.1. The van der Waals surface area contributed by atoms with E-state index in [0.29, 0.717) is 43.8 Å². The monoisotopic (exact) mass is 501 g/mol. The summed E-state index contributed by atoms with van der Waals surface area (Å²) in [7, 11) is 0. The molecule has 1 aliphatic rings. The molecule has 2 amide bonds. The van der Waals surface area contributed by atoms with Crippen LogP contribution in [-0.2, 0) is 0 Å². The Morgan fingerprint density at radius 1 is 1.00 bits per heavy atom. The Balaban J connectivity index is 1.16. The third-order valence-electron chi connectivity index (χ3n) is 6.24. The Bertz CT molecular complexity index is 1370. The van der Waals surface area contributed by atoms with E-state index in [0.717, 1.165) is 28.5 Å². The maximum absolute atomic E-state index is 12.9. The van der Waals surface area contributed by atoms with E-state index in [9.17, 15) is 4.79 Å². The molecule has 1 saturated heterocycles. The molecule has 12 heteroatoms. The SMILES string of the molecule is Cc1cn(-c2ccc([C@H](C)NC(=O)N3CCN(c4nc(C)cc(Nc5cc(C)[nH]n5)n4)CC3)cn2)cn1. The third kappa shape index (κ3) is 5.68. The highest BCUT2D eigenvalue weighted by Crippen LogP contribution is 2.20. The van der Waals surface area contributed by atoms with Gasteiger partial charge in [0.15, 0.2) is 5.82 Å². The van der Waals surface area contributed by atoms with Crippen molar-refractivity contribution in [3.8, 4) is 5.82 Å². The number of piperazine rings is 1. The third-order valence-corrected chi connectivity index (χ3v) is 6.24. The van der Waals surface area contributed by atoms with Gasteiger partial charge in [0, 0.05) is 62.1 Å². The largest absolute Gasteiger partial charge is 0.337 e. The van der Waals surface area contributed by atoms with Gasteiger partial charge in [0.25, 0.3) is 0 Å². The summed E-state index contributed by atoms with van der Waals surface area (Å²) in [5.74, 6) is 2.82. The maximum atomic E-state index is 12.9. The summed E-state index contributed by atoms with van der Waals surface area (Å²) in [5, 5.41) is 13.4. The van der Waals surface area contributed by atoms with Crippen molar-refractivity contribution in [2.75, 3.05) is 36.4 Å². The van der Waals surface area contributed by atoms with Gasteiger partial charge >= 0.3 is 6.03 Å². The smallest absolute Gasteiger partial charge is 0.317 e. The molecule has 5 rings (SSSR count). The molecule has 0 saturated carbocycles. The van der Waals surface area contributed by atoms with E-state index < -0.39 is 0 Å². The molecule has 0 aromatic carbocycles. The summed E-state index contributed by atoms with van der Waals surface area (Å²) >= 11 is 0. The number of aryl methyl sites for hydroxylation is 3. The number of nitrogens with one attached hydrogen (secondary N) is 3. The highest BCUT2D eigenvalue weighted by atomic mass is 16.2. The van der Waals surface area contributed by atoms with Crippen molar-refractivity contribution in [2.45, 2.75) is 33.7 Å². The highest BCUT2D eigenvalue weighted by molar-refractivity contribution is 5.75. The number of rotatable bonds is 6. The summed E-state index contributed by atoms with van der Waals surface area (Å²) in [5.41, 5.74) is 3.70. The molecule has 1 fully saturated rings. The van der Waals surface area contributed by atoms with Crippen LogP contribution in [0.3, 0.4) is 0 Å². The summed E-state index contributed by atoms with van der Waals surface area (Å²) in [6, 6.07) is 7.44. The number of carbonyl (C=O) groups is 1. The second-order valence-corrected chi connectivity index (χ2v) is 9.27. The fourth-order valence-electron chi connectivity index (χ4n) is 4.19. The molecule has 0 radical (unpaired) electrons. The minimum Gasteiger partial charge on any atom is -0.337 e. The van der Waals surface area contributed by atoms with Gasteiger partial charge in [0.1, 0.15) is 18.0 Å². The van der Waals surface area contributed by atoms with Crippen LogP contribution in [0.4, 0.5) is 22.4 Å². The molecular formula is C25H31N11O. The van der Waals surface area contributed by atoms with Gasteiger partial charge in [-0.2, -0.15) is 10.1 Å². The zero-order valence-electron chi connectivity index (χ0n) is 21.4. The topological polar surface area (TPSA) is 133 Å². The standard InChI is InChI=1S/C25H31N11O/c1-16-11-21(30-22-12-17(2)32-33-22)31-24(28-16)34-7-9-35(10-8-34)25(37)29-19(4)20-5-6-23(26-13-20)36-14-18(3)27-15-36/h5-6,11-15,19H,7-10H2,1-4H3,(H,29,37)(H2,28,30,31,32,33)/t19-/m0/s1. The number of nitrogens with zero attached hydrogens (tertiary/aromatic N) is 8. The van der Waals surface area contributed by atoms with Crippen LogP contribution in [-0.4, -0.2) is 71.8 Å². The number of carbonyl (C=O) groups excluding carboxylic acids is 1. The van der Waals surface area contributed by atoms with Gasteiger partial charge in [-0.25, -0.2) is 19.7 Å². The zero-order valence-corrected chi connectivity index (χ0v) is 21.4. The first-order valence-electron chi connectivity index (χ1n) is 12.3. The highest BCUT2D eigenvalue weighted by Gasteiger charge is 2.24. The quantitative estimate of drug-likeness (QED) is 0.367. The van der Waals surface area contributed by atoms with Crippen LogP contribution in [0.1, 0.15) is 35.6 Å². The molecule has 3 N–H and O–H groups in total. The summed E-state index contributed by atoms with van der Waals surface area (Å²) in [6.45, 7) is 10.2. The first-order valence-corrected chi connectivity index (χ1v) is 12.3. The maximum Gasteiger partial charge on any atom is 0.317 e. The number of urea groups is 1. The molecule has 5 heterocycles. The lowest BCUT2D eigenvalue weighted by Crippen LogP contribution is -2.52. The summed E-state index contributed by atoms with van der Waals surface area (Å²) in [4.78, 5) is 34.9. The molecule has 4 aromatic heterocycles. The van der Waals surface area contributed by atoms with E-state index in [1.807, 2.05) is 67.6 Å². The van der Waals surface area contributed by atoms with E-state index in [2.05, 4.69) is 45.7 Å². The molecule has 4 aromatic rings. The number of pyridine rings is 1. The van der Waals surface area contributed by atoms with Crippen LogP contribution in [0.25, 0.3) is 5.82 Å². The average molecular weight is 502 g/mol. The van der Waals surface area contributed by atoms with Crippen molar-refractivity contribution in [1.29, 1.82) is 0 Å². The van der Waals surface area contributed by atoms with Gasteiger partial charge < -0.3 is 20.4 Å². The van der Waals surface area contributed by atoms with Crippen molar-refractivity contribution in [2.24, 2.45) is 0 Å². The lowest BCUT2D eigenvalue weighted by molar-refractivity contribution is 0.191. The Morgan fingerprint density at radius 3 is 2.46 bits per heavy atom. The van der Waals surface area contributed by atoms with Gasteiger partial charge in [-0.05, 0) is 39.3 Å². The van der Waals surface area contributed by atoms with Gasteiger partial charge in [-0.1, -0.05) is 6.07 Å². The number of aromatic amines is 1. The molecule has 192 valence electrons. The molecule has 12 nitrogen and oxygen atoms in total.